The van der Waals surface area contributed by atoms with Crippen molar-refractivity contribution in [1.29, 1.82) is 0 Å². The summed E-state index contributed by atoms with van der Waals surface area (Å²) in [6.07, 6.45) is 3.36. The Morgan fingerprint density at radius 1 is 1.30 bits per heavy atom. The van der Waals surface area contributed by atoms with Gasteiger partial charge < -0.3 is 10.1 Å². The number of amides is 2. The van der Waals surface area contributed by atoms with Gasteiger partial charge >= 0.3 is 6.03 Å². The highest BCUT2D eigenvalue weighted by atomic mass is 19.1. The summed E-state index contributed by atoms with van der Waals surface area (Å²) in [7, 11) is 1.51. The minimum atomic E-state index is -0.684. The van der Waals surface area contributed by atoms with E-state index in [0.29, 0.717) is 11.4 Å². The van der Waals surface area contributed by atoms with E-state index in [9.17, 15) is 13.6 Å². The van der Waals surface area contributed by atoms with Crippen LogP contribution in [0, 0.1) is 11.6 Å². The minimum absolute atomic E-state index is 0.0273. The molecule has 0 aliphatic heterocycles. The molecule has 7 nitrogen and oxygen atoms in total. The second-order valence-electron chi connectivity index (χ2n) is 5.70. The van der Waals surface area contributed by atoms with Gasteiger partial charge in [-0.15, -0.1) is 0 Å². The van der Waals surface area contributed by atoms with Crippen LogP contribution in [0.5, 0.6) is 5.75 Å². The van der Waals surface area contributed by atoms with Crippen molar-refractivity contribution in [3.63, 3.8) is 0 Å². The first-order valence-electron chi connectivity index (χ1n) is 7.92. The van der Waals surface area contributed by atoms with Crippen molar-refractivity contribution in [2.24, 2.45) is 5.84 Å². The number of halogens is 2. The summed E-state index contributed by atoms with van der Waals surface area (Å²) in [6, 6.07) is 7.33. The highest BCUT2D eigenvalue weighted by Gasteiger charge is 2.15. The van der Waals surface area contributed by atoms with Gasteiger partial charge in [0.15, 0.2) is 0 Å². The molecule has 3 rings (SSSR count). The third-order valence-corrected chi connectivity index (χ3v) is 3.87. The van der Waals surface area contributed by atoms with E-state index in [4.69, 9.17) is 10.6 Å². The van der Waals surface area contributed by atoms with E-state index in [-0.39, 0.29) is 12.1 Å². The Balaban J connectivity index is 1.72. The fourth-order valence-corrected chi connectivity index (χ4v) is 2.52. The number of hydrogen-bond acceptors (Lipinski definition) is 4. The van der Waals surface area contributed by atoms with Crippen LogP contribution in [0.3, 0.4) is 0 Å². The molecule has 4 N–H and O–H groups in total. The van der Waals surface area contributed by atoms with Crippen LogP contribution in [0.25, 0.3) is 11.1 Å². The number of carbonyl (C=O) groups is 1. The van der Waals surface area contributed by atoms with Gasteiger partial charge in [0, 0.05) is 34.6 Å². The van der Waals surface area contributed by atoms with Crippen LogP contribution >= 0.6 is 0 Å². The molecule has 1 aromatic heterocycles. The quantitative estimate of drug-likeness (QED) is 0.363. The lowest BCUT2D eigenvalue weighted by Crippen LogP contribution is -2.40. The van der Waals surface area contributed by atoms with E-state index in [1.54, 1.807) is 30.6 Å². The van der Waals surface area contributed by atoms with Crippen molar-refractivity contribution in [2.45, 2.75) is 6.54 Å². The number of methoxy groups -OCH3 is 1. The van der Waals surface area contributed by atoms with Gasteiger partial charge in [-0.05, 0) is 30.3 Å². The standard InChI is InChI=1S/C18H17F2N5O2/c1-27-17-7-14(3-4-15(17)12-8-22-23-9-12)24-18(26)25(21)10-11-6-13(19)2-5-16(11)20/h2-9H,10,21H2,1H3,(H,22,23)(H,24,26). The van der Waals surface area contributed by atoms with E-state index in [1.807, 2.05) is 0 Å². The van der Waals surface area contributed by atoms with Gasteiger partial charge in [-0.2, -0.15) is 5.10 Å². The number of aromatic nitrogens is 2. The predicted octanol–water partition coefficient (Wildman–Crippen LogP) is 3.27. The van der Waals surface area contributed by atoms with Gasteiger partial charge in [0.1, 0.15) is 17.4 Å². The Hall–Kier alpha value is -3.46. The molecule has 0 fully saturated rings. The third-order valence-electron chi connectivity index (χ3n) is 3.87. The molecule has 0 radical (unpaired) electrons. The minimum Gasteiger partial charge on any atom is -0.496 e. The first-order valence-corrected chi connectivity index (χ1v) is 7.92. The number of aromatic amines is 1. The Labute approximate surface area is 153 Å². The summed E-state index contributed by atoms with van der Waals surface area (Å²) >= 11 is 0. The maximum Gasteiger partial charge on any atom is 0.336 e. The van der Waals surface area contributed by atoms with Crippen LogP contribution in [0.2, 0.25) is 0 Å². The predicted molar refractivity (Wildman–Crippen MR) is 95.7 cm³/mol. The molecule has 2 aromatic carbocycles. The summed E-state index contributed by atoms with van der Waals surface area (Å²) in [5, 5.41) is 9.95. The number of rotatable bonds is 5. The highest BCUT2D eigenvalue weighted by molar-refractivity contribution is 5.90. The molecule has 0 unspecified atom stereocenters. The molecule has 140 valence electrons. The van der Waals surface area contributed by atoms with Gasteiger partial charge in [-0.25, -0.2) is 19.4 Å². The number of hydrazine groups is 1. The largest absolute Gasteiger partial charge is 0.496 e. The van der Waals surface area contributed by atoms with Gasteiger partial charge in [0.05, 0.1) is 19.9 Å². The van der Waals surface area contributed by atoms with E-state index < -0.39 is 17.7 Å². The van der Waals surface area contributed by atoms with Crippen molar-refractivity contribution in [3.8, 4) is 16.9 Å². The molecule has 0 bridgehead atoms. The topological polar surface area (TPSA) is 96.3 Å². The number of nitrogens with one attached hydrogen (secondary N) is 2. The summed E-state index contributed by atoms with van der Waals surface area (Å²) in [5.74, 6) is 4.95. The molecule has 27 heavy (non-hydrogen) atoms. The van der Waals surface area contributed by atoms with E-state index in [1.165, 1.54) is 7.11 Å². The number of benzene rings is 2. The Kier molecular flexibility index (Phi) is 5.32. The number of carbonyl (C=O) groups excluding carboxylic acids is 1. The molecular formula is C18H17F2N5O2. The first-order chi connectivity index (χ1) is 13.0. The van der Waals surface area contributed by atoms with E-state index >= 15 is 0 Å². The van der Waals surface area contributed by atoms with Crippen LogP contribution in [0.15, 0.2) is 48.8 Å². The first kappa shape index (κ1) is 18.3. The molecule has 0 spiro atoms. The van der Waals surface area contributed by atoms with Crippen molar-refractivity contribution < 1.29 is 18.3 Å². The lowest BCUT2D eigenvalue weighted by atomic mass is 10.1. The van der Waals surface area contributed by atoms with Crippen LogP contribution < -0.4 is 15.9 Å². The van der Waals surface area contributed by atoms with Crippen molar-refractivity contribution in [3.05, 3.63) is 66.0 Å². The number of hydrogen-bond donors (Lipinski definition) is 3. The van der Waals surface area contributed by atoms with Crippen LogP contribution in [0.1, 0.15) is 5.56 Å². The number of anilines is 1. The molecule has 0 aliphatic rings. The van der Waals surface area contributed by atoms with Gasteiger partial charge in [0.25, 0.3) is 0 Å². The van der Waals surface area contributed by atoms with Crippen LogP contribution in [0.4, 0.5) is 19.3 Å². The van der Waals surface area contributed by atoms with E-state index in [0.717, 1.165) is 34.3 Å². The fraction of sp³-hybridized carbons (Fsp3) is 0.111. The second-order valence-corrected chi connectivity index (χ2v) is 5.70. The molecule has 3 aromatic rings. The summed E-state index contributed by atoms with van der Waals surface area (Å²) in [4.78, 5) is 12.2. The van der Waals surface area contributed by atoms with Crippen LogP contribution in [-0.4, -0.2) is 28.3 Å². The number of nitrogens with zero attached hydrogens (tertiary/aromatic N) is 2. The maximum absolute atomic E-state index is 13.7. The fourth-order valence-electron chi connectivity index (χ4n) is 2.52. The monoisotopic (exact) mass is 373 g/mol. The average molecular weight is 373 g/mol. The van der Waals surface area contributed by atoms with Crippen molar-refractivity contribution in [1.82, 2.24) is 15.2 Å². The maximum atomic E-state index is 13.7. The lowest BCUT2D eigenvalue weighted by Gasteiger charge is -2.18. The molecular weight excluding hydrogens is 356 g/mol. The smallest absolute Gasteiger partial charge is 0.336 e. The summed E-state index contributed by atoms with van der Waals surface area (Å²) in [5.41, 5.74) is 2.02. The van der Waals surface area contributed by atoms with Gasteiger partial charge in [-0.3, -0.25) is 10.1 Å². The number of urea groups is 1. The average Bonchev–Trinajstić information content (AvgIpc) is 3.19. The van der Waals surface area contributed by atoms with Crippen LogP contribution in [-0.2, 0) is 6.54 Å². The highest BCUT2D eigenvalue weighted by Crippen LogP contribution is 2.31. The third kappa shape index (κ3) is 4.21. The van der Waals surface area contributed by atoms with Gasteiger partial charge in [0.2, 0.25) is 0 Å². The summed E-state index contributed by atoms with van der Waals surface area (Å²) < 4.78 is 32.3. The molecule has 0 saturated heterocycles. The molecule has 0 atom stereocenters. The Morgan fingerprint density at radius 2 is 2.11 bits per heavy atom. The second kappa shape index (κ2) is 7.83. The lowest BCUT2D eigenvalue weighted by molar-refractivity contribution is 0.209. The van der Waals surface area contributed by atoms with E-state index in [2.05, 4.69) is 15.5 Å². The zero-order valence-electron chi connectivity index (χ0n) is 14.4. The van der Waals surface area contributed by atoms with Crippen molar-refractivity contribution >= 4 is 11.7 Å². The number of nitrogens with two attached hydrogens (primary N) is 1. The van der Waals surface area contributed by atoms with Crippen molar-refractivity contribution in [2.75, 3.05) is 12.4 Å². The van der Waals surface area contributed by atoms with Gasteiger partial charge in [-0.1, -0.05) is 0 Å². The SMILES string of the molecule is COc1cc(NC(=O)N(N)Cc2cc(F)ccc2F)ccc1-c1cn[nH]c1. The zero-order valence-corrected chi connectivity index (χ0v) is 14.4. The molecule has 0 aliphatic carbocycles. The molecule has 1 heterocycles. The molecule has 0 saturated carbocycles. The zero-order chi connectivity index (χ0) is 19.4. The number of ether oxygens (including phenoxy) is 1. The summed E-state index contributed by atoms with van der Waals surface area (Å²) in [6.45, 7) is -0.292. The normalized spacial score (nSPS) is 10.5. The Morgan fingerprint density at radius 3 is 2.81 bits per heavy atom. The molecule has 2 amide bonds. The molecule has 9 heteroatoms. The number of H-pyrrole nitrogens is 1. The Bertz CT molecular complexity index is 947.